The summed E-state index contributed by atoms with van der Waals surface area (Å²) >= 11 is 0. The Kier molecular flexibility index (Phi) is 6.59. The topological polar surface area (TPSA) is 110 Å². The van der Waals surface area contributed by atoms with Crippen LogP contribution in [0.4, 0.5) is 0 Å². The first kappa shape index (κ1) is 23.1. The first-order chi connectivity index (χ1) is 15.8. The molecule has 0 aromatic heterocycles. The smallest absolute Gasteiger partial charge is 0.270 e. The first-order valence-electron chi connectivity index (χ1n) is 10.7. The summed E-state index contributed by atoms with van der Waals surface area (Å²) < 4.78 is 37.8. The number of fused-ring (bicyclic) bond motifs is 1. The van der Waals surface area contributed by atoms with E-state index < -0.39 is 40.3 Å². The molecule has 1 saturated heterocycles. The van der Waals surface area contributed by atoms with E-state index in [1.165, 1.54) is 28.6 Å². The minimum absolute atomic E-state index is 0.0660. The molecule has 10 heteroatoms. The van der Waals surface area contributed by atoms with Crippen molar-refractivity contribution < 1.29 is 32.3 Å². The molecule has 2 amide bonds. The van der Waals surface area contributed by atoms with Gasteiger partial charge in [0, 0.05) is 18.7 Å². The van der Waals surface area contributed by atoms with Gasteiger partial charge in [0.15, 0.2) is 11.9 Å². The van der Waals surface area contributed by atoms with Gasteiger partial charge in [-0.2, -0.15) is 4.31 Å². The second kappa shape index (κ2) is 9.42. The molecule has 174 valence electrons. The number of ether oxygens (including phenoxy) is 2. The Bertz CT molecular complexity index is 1170. The molecule has 2 aromatic rings. The Balaban J connectivity index is 1.55. The first-order valence-corrected chi connectivity index (χ1v) is 12.1. The zero-order valence-electron chi connectivity index (χ0n) is 18.1. The molecule has 2 aliphatic rings. The second-order valence-electron chi connectivity index (χ2n) is 7.70. The van der Waals surface area contributed by atoms with Crippen molar-refractivity contribution in [1.82, 2.24) is 9.21 Å². The van der Waals surface area contributed by atoms with E-state index in [9.17, 15) is 22.8 Å². The monoisotopic (exact) mass is 472 g/mol. The van der Waals surface area contributed by atoms with Gasteiger partial charge < -0.3 is 9.47 Å². The third kappa shape index (κ3) is 4.54. The van der Waals surface area contributed by atoms with Crippen LogP contribution >= 0.6 is 0 Å². The number of carbonyl (C=O) groups is 3. The van der Waals surface area contributed by atoms with E-state index in [0.717, 1.165) is 4.90 Å². The van der Waals surface area contributed by atoms with E-state index in [4.69, 9.17) is 9.47 Å². The number of hydrogen-bond acceptors (Lipinski definition) is 7. The highest BCUT2D eigenvalue weighted by Gasteiger charge is 2.36. The maximum absolute atomic E-state index is 13.0. The number of sulfonamides is 1. The largest absolute Gasteiger partial charge is 0.480 e. The number of Topliss-reactive ketones (excluding diaryl/α,β-unsaturated/α-hetero) is 1. The fourth-order valence-electron chi connectivity index (χ4n) is 3.76. The number of ketones is 1. The van der Waals surface area contributed by atoms with Crippen LogP contribution < -0.4 is 4.74 Å². The lowest BCUT2D eigenvalue weighted by molar-refractivity contribution is -0.135. The van der Waals surface area contributed by atoms with Crippen molar-refractivity contribution in [2.45, 2.75) is 24.3 Å². The van der Waals surface area contributed by atoms with Crippen LogP contribution in [-0.2, 0) is 19.6 Å². The molecule has 1 fully saturated rings. The van der Waals surface area contributed by atoms with Crippen LogP contribution in [0.25, 0.3) is 0 Å². The number of rotatable bonds is 6. The van der Waals surface area contributed by atoms with Crippen LogP contribution in [0.5, 0.6) is 5.75 Å². The molecule has 0 N–H and O–H groups in total. The van der Waals surface area contributed by atoms with Gasteiger partial charge in [-0.1, -0.05) is 19.1 Å². The summed E-state index contributed by atoms with van der Waals surface area (Å²) in [6.07, 6.45) is -0.550. The zero-order chi connectivity index (χ0) is 23.6. The second-order valence-corrected chi connectivity index (χ2v) is 9.64. The Labute approximate surface area is 191 Å². The van der Waals surface area contributed by atoms with Crippen molar-refractivity contribution in [3.63, 3.8) is 0 Å². The molecule has 0 radical (unpaired) electrons. The third-order valence-corrected chi connectivity index (χ3v) is 7.54. The van der Waals surface area contributed by atoms with Crippen molar-refractivity contribution in [2.24, 2.45) is 0 Å². The van der Waals surface area contributed by atoms with Crippen LogP contribution in [0.1, 0.15) is 34.1 Å². The molecular weight excluding hydrogens is 448 g/mol. The van der Waals surface area contributed by atoms with Crippen molar-refractivity contribution >= 4 is 27.6 Å². The lowest BCUT2D eigenvalue weighted by Gasteiger charge is -2.26. The molecule has 0 spiro atoms. The summed E-state index contributed by atoms with van der Waals surface area (Å²) in [5.41, 5.74) is 0.407. The fraction of sp³-hybridized carbons (Fsp3) is 0.348. The standard InChI is InChI=1S/C23H24N2O7S/c1-2-20-23(28)25(22(27)18-5-3-4-6-21(18)32-20)15-19(26)16-7-9-17(10-8-16)33(29,30)24-11-13-31-14-12-24/h3-10,20H,2,11-15H2,1H3. The highest BCUT2D eigenvalue weighted by atomic mass is 32.2. The highest BCUT2D eigenvalue weighted by molar-refractivity contribution is 7.89. The van der Waals surface area contributed by atoms with E-state index >= 15 is 0 Å². The Morgan fingerprint density at radius 2 is 1.70 bits per heavy atom. The number of para-hydroxylation sites is 1. The van der Waals surface area contributed by atoms with E-state index in [1.54, 1.807) is 31.2 Å². The van der Waals surface area contributed by atoms with Crippen LogP contribution in [0.15, 0.2) is 53.4 Å². The maximum Gasteiger partial charge on any atom is 0.270 e. The molecule has 2 aliphatic heterocycles. The Morgan fingerprint density at radius 1 is 1.03 bits per heavy atom. The van der Waals surface area contributed by atoms with E-state index in [0.29, 0.717) is 25.4 Å². The minimum Gasteiger partial charge on any atom is -0.480 e. The van der Waals surface area contributed by atoms with Gasteiger partial charge in [0.1, 0.15) is 5.75 Å². The van der Waals surface area contributed by atoms with E-state index in [-0.39, 0.29) is 29.1 Å². The van der Waals surface area contributed by atoms with Crippen molar-refractivity contribution in [1.29, 1.82) is 0 Å². The number of amides is 2. The van der Waals surface area contributed by atoms with E-state index in [2.05, 4.69) is 0 Å². The quantitative estimate of drug-likeness (QED) is 0.465. The summed E-state index contributed by atoms with van der Waals surface area (Å²) in [6.45, 7) is 2.49. The molecule has 2 aromatic carbocycles. The SMILES string of the molecule is CCC1Oc2ccccc2C(=O)N(CC(=O)c2ccc(S(=O)(=O)N3CCOCC3)cc2)C1=O. The molecule has 0 bridgehead atoms. The number of morpholine rings is 1. The van der Waals surface area contributed by atoms with Crippen LogP contribution in [0.2, 0.25) is 0 Å². The molecule has 9 nitrogen and oxygen atoms in total. The molecular formula is C23H24N2O7S. The average Bonchev–Trinajstić information content (AvgIpc) is 2.94. The zero-order valence-corrected chi connectivity index (χ0v) is 18.9. The average molecular weight is 473 g/mol. The van der Waals surface area contributed by atoms with Crippen molar-refractivity contribution in [3.05, 3.63) is 59.7 Å². The van der Waals surface area contributed by atoms with Gasteiger partial charge in [0.2, 0.25) is 10.0 Å². The van der Waals surface area contributed by atoms with Gasteiger partial charge in [-0.25, -0.2) is 8.42 Å². The van der Waals surface area contributed by atoms with Crippen molar-refractivity contribution in [2.75, 3.05) is 32.8 Å². The van der Waals surface area contributed by atoms with Gasteiger partial charge in [-0.15, -0.1) is 0 Å². The fourth-order valence-corrected chi connectivity index (χ4v) is 5.17. The summed E-state index contributed by atoms with van der Waals surface area (Å²) in [5.74, 6) is -1.37. The molecule has 4 rings (SSSR count). The van der Waals surface area contributed by atoms with Gasteiger partial charge in [0.05, 0.1) is 30.2 Å². The summed E-state index contributed by atoms with van der Waals surface area (Å²) in [6, 6.07) is 12.0. The molecule has 33 heavy (non-hydrogen) atoms. The Hall–Kier alpha value is -3.08. The Morgan fingerprint density at radius 3 is 2.36 bits per heavy atom. The number of imide groups is 1. The molecule has 0 aliphatic carbocycles. The van der Waals surface area contributed by atoms with Crippen LogP contribution in [0, 0.1) is 0 Å². The van der Waals surface area contributed by atoms with E-state index in [1.807, 2.05) is 0 Å². The summed E-state index contributed by atoms with van der Waals surface area (Å²) in [4.78, 5) is 39.8. The minimum atomic E-state index is -3.69. The van der Waals surface area contributed by atoms with Gasteiger partial charge in [0.25, 0.3) is 11.8 Å². The molecule has 2 heterocycles. The molecule has 0 saturated carbocycles. The number of carbonyl (C=O) groups excluding carboxylic acids is 3. The van der Waals surface area contributed by atoms with Crippen LogP contribution in [0.3, 0.4) is 0 Å². The highest BCUT2D eigenvalue weighted by Crippen LogP contribution is 2.27. The number of hydrogen-bond donors (Lipinski definition) is 0. The number of benzene rings is 2. The molecule has 1 atom stereocenters. The predicted molar refractivity (Wildman–Crippen MR) is 118 cm³/mol. The predicted octanol–water partition coefficient (Wildman–Crippen LogP) is 1.73. The summed E-state index contributed by atoms with van der Waals surface area (Å²) in [5, 5.41) is 0. The maximum atomic E-state index is 13.0. The normalized spacial score (nSPS) is 19.5. The lowest BCUT2D eigenvalue weighted by atomic mass is 10.1. The van der Waals surface area contributed by atoms with Crippen molar-refractivity contribution in [3.8, 4) is 5.75 Å². The van der Waals surface area contributed by atoms with Gasteiger partial charge in [-0.3, -0.25) is 19.3 Å². The lowest BCUT2D eigenvalue weighted by Crippen LogP contribution is -2.45. The van der Waals surface area contributed by atoms with Gasteiger partial charge in [-0.05, 0) is 42.8 Å². The summed E-state index contributed by atoms with van der Waals surface area (Å²) in [7, 11) is -3.69. The van der Waals surface area contributed by atoms with Gasteiger partial charge >= 0.3 is 0 Å². The third-order valence-electron chi connectivity index (χ3n) is 5.63. The molecule has 1 unspecified atom stereocenters. The van der Waals surface area contributed by atoms with Crippen LogP contribution in [-0.4, -0.2) is 74.2 Å². The number of nitrogens with zero attached hydrogens (tertiary/aromatic N) is 2.